The first-order valence-electron chi connectivity index (χ1n) is 4.58. The maximum absolute atomic E-state index is 12.7. The van der Waals surface area contributed by atoms with Gasteiger partial charge in [-0.2, -0.15) is 0 Å². The standard InChI is InChI=1S/C11H12FN3/c12-9-3-1-8(2-4-9)11(14)6-5-10(13)7-15-11/h1-7,15H,13-14H2. The summed E-state index contributed by atoms with van der Waals surface area (Å²) < 4.78 is 12.7. The van der Waals surface area contributed by atoms with Crippen molar-refractivity contribution in [3.8, 4) is 0 Å². The summed E-state index contributed by atoms with van der Waals surface area (Å²) in [6, 6.07) is 6.03. The normalized spacial score (nSPS) is 24.5. The van der Waals surface area contributed by atoms with Crippen molar-refractivity contribution < 1.29 is 4.39 Å². The van der Waals surface area contributed by atoms with E-state index >= 15 is 0 Å². The summed E-state index contributed by atoms with van der Waals surface area (Å²) in [6.07, 6.45) is 5.10. The summed E-state index contributed by atoms with van der Waals surface area (Å²) in [5.74, 6) is -0.280. The summed E-state index contributed by atoms with van der Waals surface area (Å²) in [7, 11) is 0. The molecule has 1 aromatic rings. The van der Waals surface area contributed by atoms with Gasteiger partial charge in [0.05, 0.1) is 0 Å². The van der Waals surface area contributed by atoms with Crippen LogP contribution in [0, 0.1) is 5.82 Å². The van der Waals surface area contributed by atoms with Gasteiger partial charge in [0, 0.05) is 11.9 Å². The number of rotatable bonds is 1. The summed E-state index contributed by atoms with van der Waals surface area (Å²) in [6.45, 7) is 0. The van der Waals surface area contributed by atoms with Gasteiger partial charge in [-0.3, -0.25) is 0 Å². The molecule has 0 aromatic heterocycles. The Morgan fingerprint density at radius 3 is 2.40 bits per heavy atom. The van der Waals surface area contributed by atoms with Gasteiger partial charge in [-0.15, -0.1) is 0 Å². The monoisotopic (exact) mass is 205 g/mol. The lowest BCUT2D eigenvalue weighted by Crippen LogP contribution is -2.48. The van der Waals surface area contributed by atoms with Crippen molar-refractivity contribution in [2.75, 3.05) is 0 Å². The largest absolute Gasteiger partial charge is 0.398 e. The van der Waals surface area contributed by atoms with Crippen molar-refractivity contribution in [3.63, 3.8) is 0 Å². The van der Waals surface area contributed by atoms with Crippen LogP contribution in [0.3, 0.4) is 0 Å². The fraction of sp³-hybridized carbons (Fsp3) is 0.0909. The van der Waals surface area contributed by atoms with Crippen LogP contribution in [0.5, 0.6) is 0 Å². The van der Waals surface area contributed by atoms with Crippen molar-refractivity contribution in [3.05, 3.63) is 59.7 Å². The molecule has 1 heterocycles. The lowest BCUT2D eigenvalue weighted by atomic mass is 9.98. The van der Waals surface area contributed by atoms with Gasteiger partial charge in [0.1, 0.15) is 11.5 Å². The van der Waals surface area contributed by atoms with Gasteiger partial charge in [-0.05, 0) is 29.8 Å². The third kappa shape index (κ3) is 1.85. The minimum absolute atomic E-state index is 0.280. The molecule has 4 heteroatoms. The molecule has 0 spiro atoms. The molecule has 0 bridgehead atoms. The van der Waals surface area contributed by atoms with E-state index in [0.29, 0.717) is 5.70 Å². The van der Waals surface area contributed by atoms with E-state index in [4.69, 9.17) is 11.5 Å². The summed E-state index contributed by atoms with van der Waals surface area (Å²) in [4.78, 5) is 0. The van der Waals surface area contributed by atoms with Crippen LogP contribution in [-0.4, -0.2) is 0 Å². The number of hydrogen-bond donors (Lipinski definition) is 3. The summed E-state index contributed by atoms with van der Waals surface area (Å²) in [5, 5.41) is 2.96. The fourth-order valence-electron chi connectivity index (χ4n) is 1.43. The average Bonchev–Trinajstić information content (AvgIpc) is 2.24. The molecule has 78 valence electrons. The lowest BCUT2D eigenvalue weighted by molar-refractivity contribution is 0.489. The van der Waals surface area contributed by atoms with E-state index in [1.54, 1.807) is 30.5 Å². The van der Waals surface area contributed by atoms with Crippen molar-refractivity contribution in [1.82, 2.24) is 5.32 Å². The lowest BCUT2D eigenvalue weighted by Gasteiger charge is -2.29. The Hall–Kier alpha value is -1.81. The highest BCUT2D eigenvalue weighted by atomic mass is 19.1. The number of hydrogen-bond acceptors (Lipinski definition) is 3. The van der Waals surface area contributed by atoms with E-state index in [1.165, 1.54) is 12.1 Å². The highest BCUT2D eigenvalue weighted by molar-refractivity contribution is 5.34. The number of halogens is 1. The Morgan fingerprint density at radius 1 is 1.20 bits per heavy atom. The van der Waals surface area contributed by atoms with Crippen molar-refractivity contribution in [2.45, 2.75) is 5.66 Å². The predicted molar refractivity (Wildman–Crippen MR) is 56.8 cm³/mol. The van der Waals surface area contributed by atoms with Gasteiger partial charge in [0.15, 0.2) is 0 Å². The van der Waals surface area contributed by atoms with Gasteiger partial charge >= 0.3 is 0 Å². The van der Waals surface area contributed by atoms with Crippen LogP contribution in [0.2, 0.25) is 0 Å². The molecule has 0 fully saturated rings. The van der Waals surface area contributed by atoms with Crippen LogP contribution in [0.25, 0.3) is 0 Å². The minimum atomic E-state index is -0.809. The second kappa shape index (κ2) is 3.40. The molecule has 2 rings (SSSR count). The third-order valence-electron chi connectivity index (χ3n) is 2.34. The third-order valence-corrected chi connectivity index (χ3v) is 2.34. The van der Waals surface area contributed by atoms with Gasteiger partial charge in [0.2, 0.25) is 0 Å². The minimum Gasteiger partial charge on any atom is -0.398 e. The van der Waals surface area contributed by atoms with E-state index in [9.17, 15) is 4.39 Å². The molecule has 0 saturated carbocycles. The predicted octanol–water partition coefficient (Wildman–Crippen LogP) is 0.897. The molecule has 0 saturated heterocycles. The summed E-state index contributed by atoms with van der Waals surface area (Å²) >= 11 is 0. The molecule has 1 unspecified atom stereocenters. The average molecular weight is 205 g/mol. The van der Waals surface area contributed by atoms with Crippen molar-refractivity contribution in [2.24, 2.45) is 11.5 Å². The molecule has 0 aliphatic carbocycles. The molecule has 0 amide bonds. The zero-order valence-corrected chi connectivity index (χ0v) is 8.07. The Labute approximate surface area is 87.3 Å². The first kappa shape index (κ1) is 9.73. The molecule has 0 radical (unpaired) electrons. The van der Waals surface area contributed by atoms with Gasteiger partial charge in [-0.25, -0.2) is 4.39 Å². The molecule has 1 aromatic carbocycles. The summed E-state index contributed by atoms with van der Waals surface area (Å²) in [5.41, 5.74) is 12.2. The molecule has 3 nitrogen and oxygen atoms in total. The van der Waals surface area contributed by atoms with Gasteiger partial charge in [0.25, 0.3) is 0 Å². The van der Waals surface area contributed by atoms with Crippen LogP contribution < -0.4 is 16.8 Å². The quantitative estimate of drug-likeness (QED) is 0.638. The zero-order chi connectivity index (χ0) is 10.9. The Balaban J connectivity index is 2.32. The van der Waals surface area contributed by atoms with E-state index in [2.05, 4.69) is 5.32 Å². The molecular weight excluding hydrogens is 193 g/mol. The maximum atomic E-state index is 12.7. The number of nitrogens with one attached hydrogen (secondary N) is 1. The van der Waals surface area contributed by atoms with Crippen LogP contribution >= 0.6 is 0 Å². The molecule has 15 heavy (non-hydrogen) atoms. The first-order valence-corrected chi connectivity index (χ1v) is 4.58. The number of allylic oxidation sites excluding steroid dienone is 1. The van der Waals surface area contributed by atoms with Crippen LogP contribution in [0.15, 0.2) is 48.3 Å². The Morgan fingerprint density at radius 2 is 1.87 bits per heavy atom. The van der Waals surface area contributed by atoms with E-state index in [-0.39, 0.29) is 5.82 Å². The van der Waals surface area contributed by atoms with Crippen LogP contribution in [0.4, 0.5) is 4.39 Å². The Kier molecular flexibility index (Phi) is 2.21. The van der Waals surface area contributed by atoms with E-state index in [0.717, 1.165) is 5.56 Å². The van der Waals surface area contributed by atoms with Crippen molar-refractivity contribution in [1.29, 1.82) is 0 Å². The van der Waals surface area contributed by atoms with Gasteiger partial charge < -0.3 is 16.8 Å². The molecule has 5 N–H and O–H groups in total. The van der Waals surface area contributed by atoms with Crippen LogP contribution in [0.1, 0.15) is 5.56 Å². The van der Waals surface area contributed by atoms with Crippen molar-refractivity contribution >= 4 is 0 Å². The second-order valence-corrected chi connectivity index (χ2v) is 3.50. The first-order chi connectivity index (χ1) is 7.10. The fourth-order valence-corrected chi connectivity index (χ4v) is 1.43. The highest BCUT2D eigenvalue weighted by Crippen LogP contribution is 2.20. The molecule has 1 aliphatic heterocycles. The molecular formula is C11H12FN3. The SMILES string of the molecule is NC1=CNC(N)(c2ccc(F)cc2)C=C1. The van der Waals surface area contributed by atoms with Crippen LogP contribution in [-0.2, 0) is 5.66 Å². The molecule has 1 aliphatic rings. The highest BCUT2D eigenvalue weighted by Gasteiger charge is 2.24. The van der Waals surface area contributed by atoms with E-state index < -0.39 is 5.66 Å². The Bertz CT molecular complexity index is 422. The number of benzene rings is 1. The zero-order valence-electron chi connectivity index (χ0n) is 8.07. The second-order valence-electron chi connectivity index (χ2n) is 3.50. The number of nitrogens with two attached hydrogens (primary N) is 2. The maximum Gasteiger partial charge on any atom is 0.131 e. The molecule has 1 atom stereocenters. The van der Waals surface area contributed by atoms with Gasteiger partial charge in [-0.1, -0.05) is 12.1 Å². The topological polar surface area (TPSA) is 64.1 Å². The number of dihydropyridines is 1. The van der Waals surface area contributed by atoms with E-state index in [1.807, 2.05) is 0 Å². The smallest absolute Gasteiger partial charge is 0.131 e.